The minimum atomic E-state index is -0.491. The highest BCUT2D eigenvalue weighted by molar-refractivity contribution is 5.80. The van der Waals surface area contributed by atoms with Crippen LogP contribution in [0.25, 0.3) is 11.1 Å². The molecule has 30 heavy (non-hydrogen) atoms. The quantitative estimate of drug-likeness (QED) is 0.758. The zero-order chi connectivity index (χ0) is 20.7. The van der Waals surface area contributed by atoms with Crippen molar-refractivity contribution in [3.63, 3.8) is 0 Å². The van der Waals surface area contributed by atoms with Gasteiger partial charge in [-0.15, -0.1) is 0 Å². The minimum absolute atomic E-state index is 0.00531. The summed E-state index contributed by atoms with van der Waals surface area (Å²) in [5, 5.41) is 0. The number of aromatic nitrogens is 1. The average molecular weight is 412 g/mol. The molecule has 2 aromatic rings. The Kier molecular flexibility index (Phi) is 4.91. The van der Waals surface area contributed by atoms with Gasteiger partial charge >= 0.3 is 5.76 Å². The van der Waals surface area contributed by atoms with E-state index in [0.717, 1.165) is 51.7 Å². The van der Waals surface area contributed by atoms with E-state index in [1.165, 1.54) is 11.0 Å². The van der Waals surface area contributed by atoms with Crippen molar-refractivity contribution in [3.05, 3.63) is 34.8 Å². The first-order valence-electron chi connectivity index (χ1n) is 11.2. The van der Waals surface area contributed by atoms with Gasteiger partial charge in [0.1, 0.15) is 6.54 Å². The smallest absolute Gasteiger partial charge is 0.408 e. The molecule has 1 unspecified atom stereocenters. The fourth-order valence-corrected chi connectivity index (χ4v) is 5.64. The van der Waals surface area contributed by atoms with Crippen LogP contribution in [-0.4, -0.2) is 52.4 Å². The molecule has 0 N–H and O–H groups in total. The number of likely N-dealkylation sites (tertiary alicyclic amines) is 2. The molecule has 1 spiro atoms. The fourth-order valence-electron chi connectivity index (χ4n) is 5.64. The van der Waals surface area contributed by atoms with Crippen molar-refractivity contribution in [1.82, 2.24) is 14.4 Å². The molecule has 7 nitrogen and oxygen atoms in total. The Hall–Kier alpha value is -2.57. The molecule has 3 fully saturated rings. The van der Waals surface area contributed by atoms with Crippen molar-refractivity contribution in [3.8, 4) is 0 Å². The number of hydrogen-bond acceptors (Lipinski definition) is 4. The van der Waals surface area contributed by atoms with Gasteiger partial charge in [0.05, 0.1) is 5.52 Å². The van der Waals surface area contributed by atoms with Crippen LogP contribution < -0.4 is 5.76 Å². The van der Waals surface area contributed by atoms with Crippen LogP contribution in [0.2, 0.25) is 0 Å². The molecule has 1 aliphatic carbocycles. The van der Waals surface area contributed by atoms with Gasteiger partial charge in [-0.1, -0.05) is 18.6 Å². The number of fused-ring (bicyclic) bond motifs is 1. The molecule has 1 atom stereocenters. The van der Waals surface area contributed by atoms with Gasteiger partial charge in [-0.2, -0.15) is 0 Å². The lowest BCUT2D eigenvalue weighted by Crippen LogP contribution is -2.39. The number of hydrogen-bond donors (Lipinski definition) is 0. The van der Waals surface area contributed by atoms with E-state index >= 15 is 0 Å². The maximum atomic E-state index is 13.1. The second-order valence-electron chi connectivity index (χ2n) is 9.24. The van der Waals surface area contributed by atoms with E-state index < -0.39 is 5.76 Å². The number of carbonyl (C=O) groups is 2. The Bertz CT molecular complexity index is 1010. The van der Waals surface area contributed by atoms with Gasteiger partial charge < -0.3 is 14.2 Å². The van der Waals surface area contributed by atoms with Crippen LogP contribution in [0.3, 0.4) is 0 Å². The maximum absolute atomic E-state index is 13.1. The number of para-hydroxylation sites is 2. The summed E-state index contributed by atoms with van der Waals surface area (Å²) in [5.74, 6) is 0.112. The molecule has 2 saturated heterocycles. The predicted octanol–water partition coefficient (Wildman–Crippen LogP) is 2.63. The third kappa shape index (κ3) is 3.34. The van der Waals surface area contributed by atoms with Gasteiger partial charge in [-0.05, 0) is 55.6 Å². The molecule has 1 saturated carbocycles. The highest BCUT2D eigenvalue weighted by Gasteiger charge is 2.51. The van der Waals surface area contributed by atoms with Crippen LogP contribution in [-0.2, 0) is 16.1 Å². The largest absolute Gasteiger partial charge is 0.420 e. The molecule has 3 aliphatic rings. The van der Waals surface area contributed by atoms with E-state index in [-0.39, 0.29) is 23.8 Å². The normalized spacial score (nSPS) is 22.7. The van der Waals surface area contributed by atoms with Gasteiger partial charge in [0.15, 0.2) is 5.58 Å². The summed E-state index contributed by atoms with van der Waals surface area (Å²) in [7, 11) is 0. The van der Waals surface area contributed by atoms with Crippen LogP contribution in [0.5, 0.6) is 0 Å². The number of carbonyl (C=O) groups excluding carboxylic acids is 2. The summed E-state index contributed by atoms with van der Waals surface area (Å²) in [5.41, 5.74) is 1.33. The summed E-state index contributed by atoms with van der Waals surface area (Å²) in [4.78, 5) is 41.7. The molecule has 1 aromatic heterocycles. The van der Waals surface area contributed by atoms with Gasteiger partial charge in [-0.3, -0.25) is 14.2 Å². The Labute approximate surface area is 175 Å². The Balaban J connectivity index is 1.26. The topological polar surface area (TPSA) is 75.8 Å². The van der Waals surface area contributed by atoms with E-state index in [4.69, 9.17) is 4.42 Å². The monoisotopic (exact) mass is 411 g/mol. The van der Waals surface area contributed by atoms with Crippen LogP contribution in [0.1, 0.15) is 44.9 Å². The first-order valence-corrected chi connectivity index (χ1v) is 11.2. The van der Waals surface area contributed by atoms with Crippen LogP contribution >= 0.6 is 0 Å². The van der Waals surface area contributed by atoms with Gasteiger partial charge in [0.25, 0.3) is 0 Å². The third-order valence-corrected chi connectivity index (χ3v) is 7.55. The van der Waals surface area contributed by atoms with E-state index in [1.54, 1.807) is 12.1 Å². The standard InChI is InChI=1S/C23H29N3O4/c27-20(24-12-3-4-13-24)9-8-17-14-25(16-23(17)10-5-11-23)21(28)15-26-18-6-1-2-7-19(18)30-22(26)29/h1-2,6-7,17H,3-5,8-16H2. The summed E-state index contributed by atoms with van der Waals surface area (Å²) in [6.45, 7) is 3.24. The molecule has 3 heterocycles. The number of benzene rings is 1. The molecule has 160 valence electrons. The van der Waals surface area contributed by atoms with E-state index in [1.807, 2.05) is 21.9 Å². The first-order chi connectivity index (χ1) is 14.6. The summed E-state index contributed by atoms with van der Waals surface area (Å²) in [6.07, 6.45) is 7.13. The Morgan fingerprint density at radius 1 is 1.03 bits per heavy atom. The Morgan fingerprint density at radius 2 is 1.80 bits per heavy atom. The third-order valence-electron chi connectivity index (χ3n) is 7.55. The zero-order valence-corrected chi connectivity index (χ0v) is 17.3. The average Bonchev–Trinajstić information content (AvgIpc) is 3.44. The van der Waals surface area contributed by atoms with E-state index in [2.05, 4.69) is 0 Å². The van der Waals surface area contributed by atoms with Gasteiger partial charge in [-0.25, -0.2) is 4.79 Å². The molecule has 0 bridgehead atoms. The van der Waals surface area contributed by atoms with Crippen LogP contribution in [0, 0.1) is 11.3 Å². The van der Waals surface area contributed by atoms with Gasteiger partial charge in [0, 0.05) is 32.6 Å². The molecule has 0 radical (unpaired) electrons. The molecule has 7 heteroatoms. The van der Waals surface area contributed by atoms with Crippen molar-refractivity contribution < 1.29 is 14.0 Å². The molecular weight excluding hydrogens is 382 g/mol. The molecule has 2 aliphatic heterocycles. The number of nitrogens with zero attached hydrogens (tertiary/aromatic N) is 3. The summed E-state index contributed by atoms with van der Waals surface area (Å²) < 4.78 is 6.69. The lowest BCUT2D eigenvalue weighted by Gasteiger charge is -2.43. The minimum Gasteiger partial charge on any atom is -0.408 e. The SMILES string of the molecule is O=C(CCC1CN(C(=O)Cn2c(=O)oc3ccccc32)CC12CCC2)N1CCCC1. The van der Waals surface area contributed by atoms with Crippen molar-refractivity contribution in [2.45, 2.75) is 51.5 Å². The van der Waals surface area contributed by atoms with E-state index in [9.17, 15) is 14.4 Å². The van der Waals surface area contributed by atoms with Crippen molar-refractivity contribution >= 4 is 22.9 Å². The fraction of sp³-hybridized carbons (Fsp3) is 0.609. The number of amides is 2. The van der Waals surface area contributed by atoms with Crippen LogP contribution in [0.15, 0.2) is 33.5 Å². The highest BCUT2D eigenvalue weighted by atomic mass is 16.4. The summed E-state index contributed by atoms with van der Waals surface area (Å²) >= 11 is 0. The molecule has 5 rings (SSSR count). The zero-order valence-electron chi connectivity index (χ0n) is 17.3. The Morgan fingerprint density at radius 3 is 2.53 bits per heavy atom. The van der Waals surface area contributed by atoms with Gasteiger partial charge in [0.2, 0.25) is 11.8 Å². The number of rotatable bonds is 5. The van der Waals surface area contributed by atoms with Crippen molar-refractivity contribution in [2.24, 2.45) is 11.3 Å². The highest BCUT2D eigenvalue weighted by Crippen LogP contribution is 2.53. The predicted molar refractivity (Wildman–Crippen MR) is 112 cm³/mol. The summed E-state index contributed by atoms with van der Waals surface area (Å²) in [6, 6.07) is 7.19. The number of oxazole rings is 1. The maximum Gasteiger partial charge on any atom is 0.420 e. The lowest BCUT2D eigenvalue weighted by atomic mass is 9.62. The molecule has 2 amide bonds. The second kappa shape index (κ2) is 7.60. The second-order valence-corrected chi connectivity index (χ2v) is 9.24. The first kappa shape index (κ1) is 19.4. The van der Waals surface area contributed by atoms with Crippen LogP contribution in [0.4, 0.5) is 0 Å². The lowest BCUT2D eigenvalue weighted by molar-refractivity contribution is -0.131. The van der Waals surface area contributed by atoms with Crippen molar-refractivity contribution in [2.75, 3.05) is 26.2 Å². The van der Waals surface area contributed by atoms with Crippen molar-refractivity contribution in [1.29, 1.82) is 0 Å². The van der Waals surface area contributed by atoms with E-state index in [0.29, 0.717) is 30.0 Å². The molecular formula is C23H29N3O4. The molecule has 1 aromatic carbocycles.